The lowest BCUT2D eigenvalue weighted by atomic mass is 9.96. The number of hydrogen-bond acceptors (Lipinski definition) is 9. The van der Waals surface area contributed by atoms with E-state index < -0.39 is 29.7 Å². The van der Waals surface area contributed by atoms with Gasteiger partial charge >= 0.3 is 6.18 Å². The molecule has 6 N–H and O–H groups in total. The van der Waals surface area contributed by atoms with Gasteiger partial charge in [0.2, 0.25) is 0 Å². The van der Waals surface area contributed by atoms with Gasteiger partial charge in [0.05, 0.1) is 50.1 Å². The average Bonchev–Trinajstić information content (AvgIpc) is 3.40. The van der Waals surface area contributed by atoms with E-state index in [1.165, 1.54) is 12.1 Å². The number of nitrogens with one attached hydrogen (secondary N) is 2. The van der Waals surface area contributed by atoms with Crippen LogP contribution in [0.15, 0.2) is 71.3 Å². The van der Waals surface area contributed by atoms with Gasteiger partial charge in [-0.05, 0) is 48.9 Å². The third-order valence-electron chi connectivity index (χ3n) is 7.12. The molecular weight excluding hydrogens is 577 g/mol. The summed E-state index contributed by atoms with van der Waals surface area (Å²) in [5, 5.41) is 5.97. The third-order valence-corrected chi connectivity index (χ3v) is 7.12. The number of carbonyl (C=O) groups is 2. The van der Waals surface area contributed by atoms with Gasteiger partial charge in [-0.15, -0.1) is 0 Å². The molecule has 0 fully saturated rings. The summed E-state index contributed by atoms with van der Waals surface area (Å²) in [6.45, 7) is 4.56. The van der Waals surface area contributed by atoms with E-state index in [0.29, 0.717) is 67.7 Å². The van der Waals surface area contributed by atoms with E-state index in [1.54, 1.807) is 31.2 Å². The van der Waals surface area contributed by atoms with Crippen molar-refractivity contribution in [1.29, 1.82) is 0 Å². The van der Waals surface area contributed by atoms with Crippen LogP contribution in [0.3, 0.4) is 0 Å². The molecule has 236 valence electrons. The van der Waals surface area contributed by atoms with Crippen LogP contribution in [0.25, 0.3) is 0 Å². The first kappa shape index (κ1) is 32.7. The van der Waals surface area contributed by atoms with Crippen LogP contribution in [0.1, 0.15) is 23.6 Å². The van der Waals surface area contributed by atoms with Gasteiger partial charge in [-0.3, -0.25) is 9.79 Å². The van der Waals surface area contributed by atoms with Gasteiger partial charge in [0, 0.05) is 42.1 Å². The molecule has 0 bridgehead atoms. The molecule has 2 aliphatic rings. The van der Waals surface area contributed by atoms with Crippen LogP contribution >= 0.6 is 0 Å². The highest BCUT2D eigenvalue weighted by atomic mass is 19.4. The van der Waals surface area contributed by atoms with Crippen LogP contribution in [0.4, 0.5) is 24.5 Å². The number of nitrogens with zero attached hydrogens (tertiary/aromatic N) is 2. The maximum Gasteiger partial charge on any atom is 0.416 e. The smallest absolute Gasteiger partial charge is 0.398 e. The largest absolute Gasteiger partial charge is 0.416 e. The standard InChI is InChI=1S/C31H37F3N6O4/c1-20(19-41)40-28-8-5-22(30(42)38-18-21-3-2-4-23(15-21)31(32,33)34)16-27(28)39-29(40)25-17-24(6-7-26(25)36)37-10-12-44-14-13-43-11-9-35/h2-8,15-17,19-20,27-28,37H,9-14,18,35-36H2,1H3,(H,38,42). The molecule has 10 nitrogen and oxygen atoms in total. The number of amides is 1. The van der Waals surface area contributed by atoms with Gasteiger partial charge in [0.1, 0.15) is 12.1 Å². The summed E-state index contributed by atoms with van der Waals surface area (Å²) in [7, 11) is 0. The molecule has 2 aromatic carbocycles. The Hall–Kier alpha value is -4.20. The number of amidine groups is 1. The number of halogens is 3. The van der Waals surface area contributed by atoms with Gasteiger partial charge in [0.15, 0.2) is 0 Å². The van der Waals surface area contributed by atoms with Crippen molar-refractivity contribution in [3.8, 4) is 0 Å². The molecule has 0 saturated heterocycles. The van der Waals surface area contributed by atoms with Crippen molar-refractivity contribution in [3.05, 3.63) is 83.0 Å². The van der Waals surface area contributed by atoms with Crippen molar-refractivity contribution in [2.45, 2.75) is 37.8 Å². The molecule has 4 rings (SSSR count). The molecule has 3 atom stereocenters. The summed E-state index contributed by atoms with van der Waals surface area (Å²) in [6.07, 6.45) is 1.47. The lowest BCUT2D eigenvalue weighted by Crippen LogP contribution is -2.46. The van der Waals surface area contributed by atoms with Crippen molar-refractivity contribution >= 4 is 29.4 Å². The second-order valence-electron chi connectivity index (χ2n) is 10.3. The van der Waals surface area contributed by atoms with E-state index in [4.69, 9.17) is 25.9 Å². The summed E-state index contributed by atoms with van der Waals surface area (Å²) in [4.78, 5) is 31.6. The number of rotatable bonds is 15. The lowest BCUT2D eigenvalue weighted by Gasteiger charge is -2.32. The Morgan fingerprint density at radius 1 is 1.14 bits per heavy atom. The summed E-state index contributed by atoms with van der Waals surface area (Å²) in [5.41, 5.74) is 13.5. The van der Waals surface area contributed by atoms with Crippen LogP contribution < -0.4 is 22.1 Å². The number of carbonyl (C=O) groups excluding carboxylic acids is 2. The number of aliphatic imine (C=N–C) groups is 1. The minimum Gasteiger partial charge on any atom is -0.398 e. The first-order valence-corrected chi connectivity index (χ1v) is 14.3. The molecular formula is C31H37F3N6O4. The first-order valence-electron chi connectivity index (χ1n) is 14.3. The number of nitrogen functional groups attached to an aromatic ring is 1. The number of alkyl halides is 3. The van der Waals surface area contributed by atoms with E-state index in [9.17, 15) is 22.8 Å². The normalized spacial score (nSPS) is 18.3. The molecule has 1 aliphatic heterocycles. The van der Waals surface area contributed by atoms with Gasteiger partial charge in [-0.25, -0.2) is 0 Å². The molecule has 1 aliphatic carbocycles. The summed E-state index contributed by atoms with van der Waals surface area (Å²) in [5.74, 6) is 0.0650. The van der Waals surface area contributed by atoms with E-state index in [1.807, 2.05) is 17.0 Å². The van der Waals surface area contributed by atoms with Crippen molar-refractivity contribution in [1.82, 2.24) is 10.2 Å². The Bertz CT molecular complexity index is 1410. The topological polar surface area (TPSA) is 144 Å². The van der Waals surface area contributed by atoms with Crippen LogP contribution in [0, 0.1) is 0 Å². The van der Waals surface area contributed by atoms with Gasteiger partial charge in [0.25, 0.3) is 5.91 Å². The average molecular weight is 615 g/mol. The van der Waals surface area contributed by atoms with Gasteiger partial charge in [-0.2, -0.15) is 13.2 Å². The van der Waals surface area contributed by atoms with Crippen molar-refractivity contribution in [3.63, 3.8) is 0 Å². The molecule has 0 aromatic heterocycles. The molecule has 44 heavy (non-hydrogen) atoms. The zero-order chi connectivity index (χ0) is 31.7. The van der Waals surface area contributed by atoms with Crippen molar-refractivity contribution in [2.75, 3.05) is 50.6 Å². The Labute approximate surface area is 254 Å². The highest BCUT2D eigenvalue weighted by Gasteiger charge is 2.39. The first-order chi connectivity index (χ1) is 21.1. The monoisotopic (exact) mass is 614 g/mol. The number of aldehydes is 1. The molecule has 13 heteroatoms. The van der Waals surface area contributed by atoms with Crippen LogP contribution in [-0.2, 0) is 31.8 Å². The Kier molecular flexibility index (Phi) is 11.1. The highest BCUT2D eigenvalue weighted by Crippen LogP contribution is 2.33. The molecule has 1 amide bonds. The highest BCUT2D eigenvalue weighted by molar-refractivity contribution is 6.07. The number of hydrogen-bond donors (Lipinski definition) is 4. The zero-order valence-electron chi connectivity index (χ0n) is 24.3. The SMILES string of the molecule is CC(C=O)N1C(c2cc(NCCOCCOCCN)ccc2N)=NC2C=C(C(=O)NCc3cccc(C(F)(F)F)c3)C=CC21. The van der Waals surface area contributed by atoms with Crippen molar-refractivity contribution < 1.29 is 32.2 Å². The lowest BCUT2D eigenvalue weighted by molar-refractivity contribution is -0.137. The van der Waals surface area contributed by atoms with Gasteiger partial charge in [-0.1, -0.05) is 24.3 Å². The predicted molar refractivity (Wildman–Crippen MR) is 162 cm³/mol. The number of ether oxygens (including phenoxy) is 2. The molecule has 3 unspecified atom stereocenters. The van der Waals surface area contributed by atoms with E-state index in [2.05, 4.69) is 10.6 Å². The minimum absolute atomic E-state index is 0.0751. The predicted octanol–water partition coefficient (Wildman–Crippen LogP) is 2.89. The fourth-order valence-electron chi connectivity index (χ4n) is 4.94. The van der Waals surface area contributed by atoms with E-state index >= 15 is 0 Å². The Balaban J connectivity index is 1.45. The number of benzene rings is 2. The summed E-state index contributed by atoms with van der Waals surface area (Å²) >= 11 is 0. The molecule has 0 radical (unpaired) electrons. The van der Waals surface area contributed by atoms with E-state index in [-0.39, 0.29) is 12.6 Å². The second kappa shape index (κ2) is 15.0. The third kappa shape index (κ3) is 8.24. The maximum absolute atomic E-state index is 13.1. The summed E-state index contributed by atoms with van der Waals surface area (Å²) < 4.78 is 50.0. The zero-order valence-corrected chi connectivity index (χ0v) is 24.3. The minimum atomic E-state index is -4.47. The van der Waals surface area contributed by atoms with Crippen LogP contribution in [-0.4, -0.2) is 80.6 Å². The number of anilines is 2. The molecule has 0 spiro atoms. The fourth-order valence-corrected chi connectivity index (χ4v) is 4.94. The quantitative estimate of drug-likeness (QED) is 0.136. The van der Waals surface area contributed by atoms with Crippen LogP contribution in [0.5, 0.6) is 0 Å². The molecule has 0 saturated carbocycles. The van der Waals surface area contributed by atoms with Gasteiger partial charge < -0.3 is 41.3 Å². The van der Waals surface area contributed by atoms with Crippen LogP contribution in [0.2, 0.25) is 0 Å². The fraction of sp³-hybridized carbons (Fsp3) is 0.387. The Morgan fingerprint density at radius 3 is 2.64 bits per heavy atom. The van der Waals surface area contributed by atoms with Crippen molar-refractivity contribution in [2.24, 2.45) is 10.7 Å². The summed E-state index contributed by atoms with van der Waals surface area (Å²) in [6, 6.07) is 8.90. The number of fused-ring (bicyclic) bond motifs is 1. The number of nitrogens with two attached hydrogens (primary N) is 2. The molecule has 1 heterocycles. The maximum atomic E-state index is 13.1. The Morgan fingerprint density at radius 2 is 1.91 bits per heavy atom. The second-order valence-corrected chi connectivity index (χ2v) is 10.3. The molecule has 2 aromatic rings. The van der Waals surface area contributed by atoms with E-state index in [0.717, 1.165) is 24.1 Å².